The van der Waals surface area contributed by atoms with Crippen molar-refractivity contribution in [2.75, 3.05) is 7.11 Å². The second-order valence-electron chi connectivity index (χ2n) is 4.47. The van der Waals surface area contributed by atoms with Crippen LogP contribution in [-0.4, -0.2) is 12.2 Å². The van der Waals surface area contributed by atoms with Gasteiger partial charge in [0.1, 0.15) is 23.1 Å². The van der Waals surface area contributed by atoms with Crippen LogP contribution in [0.1, 0.15) is 24.2 Å². The van der Waals surface area contributed by atoms with E-state index in [0.717, 1.165) is 0 Å². The number of halogens is 1. The van der Waals surface area contributed by atoms with Crippen LogP contribution in [0, 0.1) is 17.1 Å². The van der Waals surface area contributed by atoms with Gasteiger partial charge in [-0.15, -0.1) is 0 Å². The summed E-state index contributed by atoms with van der Waals surface area (Å²) in [5, 5.41) is 18.7. The first-order valence-corrected chi connectivity index (χ1v) is 6.28. The number of rotatable bonds is 4. The van der Waals surface area contributed by atoms with Gasteiger partial charge in [-0.25, -0.2) is 4.39 Å². The lowest BCUT2D eigenvalue weighted by Crippen LogP contribution is -1.97. The van der Waals surface area contributed by atoms with Crippen molar-refractivity contribution in [2.24, 2.45) is 0 Å². The number of hydrogen-bond acceptors (Lipinski definition) is 4. The van der Waals surface area contributed by atoms with Crippen molar-refractivity contribution < 1.29 is 19.0 Å². The Bertz CT molecular complexity index is 692. The molecule has 4 nitrogen and oxygen atoms in total. The lowest BCUT2D eigenvalue weighted by molar-refractivity contribution is 0.195. The highest BCUT2D eigenvalue weighted by Gasteiger charge is 2.12. The van der Waals surface area contributed by atoms with E-state index >= 15 is 0 Å². The Balaban J connectivity index is 2.41. The van der Waals surface area contributed by atoms with Crippen molar-refractivity contribution in [1.29, 1.82) is 5.26 Å². The minimum Gasteiger partial charge on any atom is -0.497 e. The molecule has 5 heteroatoms. The molecular formula is C16H14FNO3. The summed E-state index contributed by atoms with van der Waals surface area (Å²) in [6, 6.07) is 10.6. The molecule has 0 heterocycles. The van der Waals surface area contributed by atoms with E-state index in [2.05, 4.69) is 0 Å². The quantitative estimate of drug-likeness (QED) is 0.934. The molecule has 21 heavy (non-hydrogen) atoms. The zero-order valence-corrected chi connectivity index (χ0v) is 11.6. The average Bonchev–Trinajstić information content (AvgIpc) is 2.48. The summed E-state index contributed by atoms with van der Waals surface area (Å²) < 4.78 is 24.0. The third-order valence-electron chi connectivity index (χ3n) is 2.89. The summed E-state index contributed by atoms with van der Waals surface area (Å²) in [6.45, 7) is 1.52. The molecule has 0 radical (unpaired) electrons. The maximum absolute atomic E-state index is 13.3. The molecule has 0 aliphatic carbocycles. The lowest BCUT2D eigenvalue weighted by atomic mass is 10.1. The van der Waals surface area contributed by atoms with Crippen molar-refractivity contribution in [3.63, 3.8) is 0 Å². The SMILES string of the molecule is COc1cc(C#N)cc(Oc2ccc(F)cc2[C@@H](C)O)c1. The van der Waals surface area contributed by atoms with Crippen LogP contribution >= 0.6 is 0 Å². The molecule has 1 N–H and O–H groups in total. The second kappa shape index (κ2) is 6.25. The fourth-order valence-corrected chi connectivity index (χ4v) is 1.88. The topological polar surface area (TPSA) is 62.5 Å². The first kappa shape index (κ1) is 14.8. The number of nitrogens with zero attached hydrogens (tertiary/aromatic N) is 1. The van der Waals surface area contributed by atoms with Crippen molar-refractivity contribution in [3.05, 3.63) is 53.3 Å². The summed E-state index contributed by atoms with van der Waals surface area (Å²) in [7, 11) is 1.49. The molecule has 0 fully saturated rings. The molecular weight excluding hydrogens is 273 g/mol. The van der Waals surface area contributed by atoms with E-state index < -0.39 is 11.9 Å². The standard InChI is InChI=1S/C16H14FNO3/c1-10(19)15-7-12(17)3-4-16(15)21-14-6-11(9-18)5-13(8-14)20-2/h3-8,10,19H,1-2H3/t10-/m1/s1. The third kappa shape index (κ3) is 3.50. The van der Waals surface area contributed by atoms with Crippen LogP contribution in [0.5, 0.6) is 17.2 Å². The molecule has 108 valence electrons. The van der Waals surface area contributed by atoms with Crippen molar-refractivity contribution in [2.45, 2.75) is 13.0 Å². The van der Waals surface area contributed by atoms with Crippen LogP contribution in [0.15, 0.2) is 36.4 Å². The van der Waals surface area contributed by atoms with Crippen molar-refractivity contribution in [1.82, 2.24) is 0 Å². The maximum Gasteiger partial charge on any atom is 0.133 e. The zero-order chi connectivity index (χ0) is 15.4. The van der Waals surface area contributed by atoms with E-state index in [9.17, 15) is 9.50 Å². The van der Waals surface area contributed by atoms with Crippen LogP contribution in [-0.2, 0) is 0 Å². The van der Waals surface area contributed by atoms with Gasteiger partial charge < -0.3 is 14.6 Å². The van der Waals surface area contributed by atoms with Gasteiger partial charge in [0.2, 0.25) is 0 Å². The number of benzene rings is 2. The predicted molar refractivity (Wildman–Crippen MR) is 74.8 cm³/mol. The van der Waals surface area contributed by atoms with E-state index in [-0.39, 0.29) is 0 Å². The zero-order valence-electron chi connectivity index (χ0n) is 11.6. The Morgan fingerprint density at radius 3 is 2.52 bits per heavy atom. The summed E-state index contributed by atoms with van der Waals surface area (Å²) in [5.74, 6) is 0.717. The van der Waals surface area contributed by atoms with Crippen LogP contribution in [0.3, 0.4) is 0 Å². The van der Waals surface area contributed by atoms with Gasteiger partial charge in [-0.2, -0.15) is 5.26 Å². The molecule has 0 saturated carbocycles. The summed E-state index contributed by atoms with van der Waals surface area (Å²) in [5.41, 5.74) is 0.710. The Morgan fingerprint density at radius 1 is 1.19 bits per heavy atom. The van der Waals surface area contributed by atoms with E-state index in [1.54, 1.807) is 12.1 Å². The molecule has 0 saturated heterocycles. The lowest BCUT2D eigenvalue weighted by Gasteiger charge is -2.14. The first-order chi connectivity index (χ1) is 10.0. The second-order valence-corrected chi connectivity index (χ2v) is 4.47. The third-order valence-corrected chi connectivity index (χ3v) is 2.89. The molecule has 0 aliphatic rings. The minimum absolute atomic E-state index is 0.323. The van der Waals surface area contributed by atoms with Gasteiger partial charge in [-0.3, -0.25) is 0 Å². The molecule has 1 atom stereocenters. The number of nitriles is 1. The van der Waals surface area contributed by atoms with E-state index in [1.807, 2.05) is 6.07 Å². The van der Waals surface area contributed by atoms with E-state index in [1.165, 1.54) is 38.3 Å². The highest BCUT2D eigenvalue weighted by Crippen LogP contribution is 2.32. The summed E-state index contributed by atoms with van der Waals surface area (Å²) >= 11 is 0. The Hall–Kier alpha value is -2.58. The first-order valence-electron chi connectivity index (χ1n) is 6.28. The van der Waals surface area contributed by atoms with Crippen LogP contribution in [0.4, 0.5) is 4.39 Å². The largest absolute Gasteiger partial charge is 0.497 e. The highest BCUT2D eigenvalue weighted by atomic mass is 19.1. The van der Waals surface area contributed by atoms with E-state index in [4.69, 9.17) is 14.7 Å². The number of methoxy groups -OCH3 is 1. The van der Waals surface area contributed by atoms with Crippen LogP contribution in [0.2, 0.25) is 0 Å². The molecule has 0 spiro atoms. The van der Waals surface area contributed by atoms with Crippen molar-refractivity contribution >= 4 is 0 Å². The average molecular weight is 287 g/mol. The van der Waals surface area contributed by atoms with E-state index in [0.29, 0.717) is 28.4 Å². The molecule has 2 aromatic rings. The number of aliphatic hydroxyl groups excluding tert-OH is 1. The number of hydrogen-bond donors (Lipinski definition) is 1. The van der Waals surface area contributed by atoms with Gasteiger partial charge >= 0.3 is 0 Å². The van der Waals surface area contributed by atoms with Crippen LogP contribution < -0.4 is 9.47 Å². The smallest absolute Gasteiger partial charge is 0.133 e. The Kier molecular flexibility index (Phi) is 4.41. The minimum atomic E-state index is -0.878. The Morgan fingerprint density at radius 2 is 1.90 bits per heavy atom. The fourth-order valence-electron chi connectivity index (χ4n) is 1.88. The van der Waals surface area contributed by atoms with Gasteiger partial charge in [0.05, 0.1) is 24.8 Å². The van der Waals surface area contributed by atoms with Gasteiger partial charge in [-0.1, -0.05) is 0 Å². The normalized spacial score (nSPS) is 11.6. The van der Waals surface area contributed by atoms with Gasteiger partial charge in [-0.05, 0) is 37.3 Å². The van der Waals surface area contributed by atoms with Gasteiger partial charge in [0.25, 0.3) is 0 Å². The van der Waals surface area contributed by atoms with Crippen molar-refractivity contribution in [3.8, 4) is 23.3 Å². The molecule has 2 aromatic carbocycles. The number of ether oxygens (including phenoxy) is 2. The maximum atomic E-state index is 13.3. The summed E-state index contributed by atoms with van der Waals surface area (Å²) in [4.78, 5) is 0. The highest BCUT2D eigenvalue weighted by molar-refractivity contribution is 5.47. The summed E-state index contributed by atoms with van der Waals surface area (Å²) in [6.07, 6.45) is -0.878. The monoisotopic (exact) mass is 287 g/mol. The molecule has 0 unspecified atom stereocenters. The molecule has 0 bridgehead atoms. The molecule has 0 amide bonds. The predicted octanol–water partition coefficient (Wildman–Crippen LogP) is 3.55. The van der Waals surface area contributed by atoms with Gasteiger partial charge in [0, 0.05) is 11.6 Å². The molecule has 2 rings (SSSR count). The van der Waals surface area contributed by atoms with Gasteiger partial charge in [0.15, 0.2) is 0 Å². The van der Waals surface area contributed by atoms with Crippen LogP contribution in [0.25, 0.3) is 0 Å². The molecule has 0 aromatic heterocycles. The Labute approximate surface area is 122 Å². The fraction of sp³-hybridized carbons (Fsp3) is 0.188. The molecule has 0 aliphatic heterocycles. The number of aliphatic hydroxyl groups is 1.